The van der Waals surface area contributed by atoms with Crippen molar-refractivity contribution in [2.24, 2.45) is 5.92 Å². The lowest BCUT2D eigenvalue weighted by atomic mass is 10.0. The molecule has 0 aromatic carbocycles. The van der Waals surface area contributed by atoms with Gasteiger partial charge in [-0.2, -0.15) is 0 Å². The lowest BCUT2D eigenvalue weighted by Gasteiger charge is -2.41. The molecule has 0 spiro atoms. The van der Waals surface area contributed by atoms with Crippen LogP contribution in [0.25, 0.3) is 0 Å². The van der Waals surface area contributed by atoms with Gasteiger partial charge in [-0.05, 0) is 12.8 Å². The van der Waals surface area contributed by atoms with Crippen LogP contribution in [0.3, 0.4) is 0 Å². The van der Waals surface area contributed by atoms with Gasteiger partial charge in [0.2, 0.25) is 0 Å². The number of ether oxygens (including phenoxy) is 3. The molecule has 88 valence electrons. The van der Waals surface area contributed by atoms with Gasteiger partial charge in [-0.3, -0.25) is 0 Å². The lowest BCUT2D eigenvalue weighted by molar-refractivity contribution is -0.314. The molecule has 0 aliphatic carbocycles. The van der Waals surface area contributed by atoms with Crippen LogP contribution in [0.2, 0.25) is 0 Å². The van der Waals surface area contributed by atoms with Crippen molar-refractivity contribution in [2.45, 2.75) is 51.3 Å². The number of aliphatic hydroxyl groups excluding tert-OH is 1. The lowest BCUT2D eigenvalue weighted by Crippen LogP contribution is -2.51. The molecule has 2 rings (SSSR count). The Morgan fingerprint density at radius 3 is 2.80 bits per heavy atom. The summed E-state index contributed by atoms with van der Waals surface area (Å²) in [6.45, 7) is 7.08. The summed E-state index contributed by atoms with van der Waals surface area (Å²) in [5, 5.41) is 9.69. The molecule has 2 aliphatic rings. The Morgan fingerprint density at radius 2 is 2.13 bits per heavy atom. The molecule has 2 aliphatic heterocycles. The van der Waals surface area contributed by atoms with E-state index in [0.29, 0.717) is 19.1 Å². The van der Waals surface area contributed by atoms with E-state index in [4.69, 9.17) is 14.2 Å². The van der Waals surface area contributed by atoms with E-state index in [-0.39, 0.29) is 12.2 Å². The zero-order valence-electron chi connectivity index (χ0n) is 9.60. The van der Waals surface area contributed by atoms with Gasteiger partial charge < -0.3 is 19.3 Å². The Balaban J connectivity index is 2.00. The van der Waals surface area contributed by atoms with Crippen molar-refractivity contribution in [3.8, 4) is 0 Å². The van der Waals surface area contributed by atoms with Gasteiger partial charge in [0.1, 0.15) is 18.3 Å². The van der Waals surface area contributed by atoms with E-state index >= 15 is 0 Å². The smallest absolute Gasteiger partial charge is 0.166 e. The maximum atomic E-state index is 9.69. The summed E-state index contributed by atoms with van der Waals surface area (Å²) in [4.78, 5) is 0. The van der Waals surface area contributed by atoms with Crippen molar-refractivity contribution >= 4 is 0 Å². The first-order valence-electron chi connectivity index (χ1n) is 5.61. The molecule has 2 saturated heterocycles. The van der Waals surface area contributed by atoms with E-state index in [1.165, 1.54) is 0 Å². The zero-order chi connectivity index (χ0) is 11.1. The van der Waals surface area contributed by atoms with Crippen LogP contribution in [0.5, 0.6) is 0 Å². The van der Waals surface area contributed by atoms with Crippen LogP contribution in [0.1, 0.15) is 27.2 Å². The minimum Gasteiger partial charge on any atom is -0.388 e. The molecule has 0 bridgehead atoms. The highest BCUT2D eigenvalue weighted by molar-refractivity contribution is 4.90. The molecule has 2 heterocycles. The highest BCUT2D eigenvalue weighted by Crippen LogP contribution is 2.34. The zero-order valence-corrected chi connectivity index (χ0v) is 9.60. The molecule has 4 atom stereocenters. The number of fused-ring (bicyclic) bond motifs is 1. The molecule has 4 heteroatoms. The molecule has 0 saturated carbocycles. The standard InChI is InChI=1S/C11H20O4/c1-7(2)4-11(3)14-6-9-10(15-11)8(12)5-13-9/h7-10,12H,4-6H2,1-3H3/t8-,9+,10?,11?/m1/s1. The minimum atomic E-state index is -0.565. The third kappa shape index (κ3) is 2.33. The van der Waals surface area contributed by atoms with Gasteiger partial charge in [0.25, 0.3) is 0 Å². The van der Waals surface area contributed by atoms with Crippen LogP contribution in [-0.2, 0) is 14.2 Å². The largest absolute Gasteiger partial charge is 0.388 e. The van der Waals surface area contributed by atoms with E-state index in [1.807, 2.05) is 6.92 Å². The Hall–Kier alpha value is -0.160. The quantitative estimate of drug-likeness (QED) is 0.745. The SMILES string of the molecule is CC(C)CC1(C)OC[C@@H]2OC[C@@H](O)C2O1. The fourth-order valence-electron chi connectivity index (χ4n) is 2.39. The molecule has 0 aromatic heterocycles. The van der Waals surface area contributed by atoms with Crippen LogP contribution in [0, 0.1) is 5.92 Å². The summed E-state index contributed by atoms with van der Waals surface area (Å²) in [6, 6.07) is 0. The fourth-order valence-corrected chi connectivity index (χ4v) is 2.39. The maximum absolute atomic E-state index is 9.69. The third-order valence-corrected chi connectivity index (χ3v) is 2.94. The number of rotatable bonds is 2. The van der Waals surface area contributed by atoms with Crippen LogP contribution in [-0.4, -0.2) is 42.4 Å². The Kier molecular flexibility index (Phi) is 3.03. The molecule has 0 amide bonds. The van der Waals surface area contributed by atoms with E-state index in [1.54, 1.807) is 0 Å². The molecule has 0 aromatic rings. The van der Waals surface area contributed by atoms with Crippen LogP contribution in [0.15, 0.2) is 0 Å². The first-order chi connectivity index (χ1) is 7.00. The average molecular weight is 216 g/mol. The highest BCUT2D eigenvalue weighted by Gasteiger charge is 2.47. The average Bonchev–Trinajstić information content (AvgIpc) is 2.46. The van der Waals surface area contributed by atoms with Crippen LogP contribution < -0.4 is 0 Å². The summed E-state index contributed by atoms with van der Waals surface area (Å²) >= 11 is 0. The second-order valence-electron chi connectivity index (χ2n) is 5.06. The molecule has 0 radical (unpaired) electrons. The molecule has 15 heavy (non-hydrogen) atoms. The monoisotopic (exact) mass is 216 g/mol. The van der Waals surface area contributed by atoms with Crippen molar-refractivity contribution in [1.29, 1.82) is 0 Å². The Morgan fingerprint density at radius 1 is 1.40 bits per heavy atom. The second-order valence-corrected chi connectivity index (χ2v) is 5.06. The van der Waals surface area contributed by atoms with Gasteiger partial charge >= 0.3 is 0 Å². The van der Waals surface area contributed by atoms with Gasteiger partial charge in [-0.25, -0.2) is 0 Å². The first-order valence-corrected chi connectivity index (χ1v) is 5.61. The second kappa shape index (κ2) is 4.01. The summed E-state index contributed by atoms with van der Waals surface area (Å²) in [5.74, 6) is -0.0599. The Labute approximate surface area is 90.5 Å². The maximum Gasteiger partial charge on any atom is 0.166 e. The summed E-state index contributed by atoms with van der Waals surface area (Å²) in [6.07, 6.45) is 0.0104. The number of hydrogen-bond acceptors (Lipinski definition) is 4. The Bertz CT molecular complexity index is 231. The van der Waals surface area contributed by atoms with Gasteiger partial charge in [0.05, 0.1) is 13.2 Å². The summed E-state index contributed by atoms with van der Waals surface area (Å²) in [5.41, 5.74) is 0. The molecular weight excluding hydrogens is 196 g/mol. The molecular formula is C11H20O4. The van der Waals surface area contributed by atoms with Crippen molar-refractivity contribution in [2.75, 3.05) is 13.2 Å². The van der Waals surface area contributed by atoms with Crippen molar-refractivity contribution in [1.82, 2.24) is 0 Å². The number of aliphatic hydroxyl groups is 1. The van der Waals surface area contributed by atoms with Gasteiger partial charge in [-0.1, -0.05) is 13.8 Å². The van der Waals surface area contributed by atoms with Crippen molar-refractivity contribution < 1.29 is 19.3 Å². The minimum absolute atomic E-state index is 0.0970. The van der Waals surface area contributed by atoms with E-state index in [0.717, 1.165) is 6.42 Å². The van der Waals surface area contributed by atoms with Crippen LogP contribution >= 0.6 is 0 Å². The third-order valence-electron chi connectivity index (χ3n) is 2.94. The van der Waals surface area contributed by atoms with E-state index in [2.05, 4.69) is 13.8 Å². The van der Waals surface area contributed by atoms with Crippen molar-refractivity contribution in [3.63, 3.8) is 0 Å². The topological polar surface area (TPSA) is 47.9 Å². The normalized spacial score (nSPS) is 45.8. The van der Waals surface area contributed by atoms with E-state index < -0.39 is 11.9 Å². The molecule has 2 fully saturated rings. The highest BCUT2D eigenvalue weighted by atomic mass is 16.7. The summed E-state index contributed by atoms with van der Waals surface area (Å²) < 4.78 is 16.9. The van der Waals surface area contributed by atoms with Gasteiger partial charge in [-0.15, -0.1) is 0 Å². The van der Waals surface area contributed by atoms with Gasteiger partial charge in [0, 0.05) is 6.42 Å². The predicted octanol–water partition coefficient (Wildman–Crippen LogP) is 0.924. The molecule has 4 nitrogen and oxygen atoms in total. The first kappa shape index (κ1) is 11.3. The molecule has 1 N–H and O–H groups in total. The predicted molar refractivity (Wildman–Crippen MR) is 54.4 cm³/mol. The van der Waals surface area contributed by atoms with Crippen LogP contribution in [0.4, 0.5) is 0 Å². The fraction of sp³-hybridized carbons (Fsp3) is 1.00. The summed E-state index contributed by atoms with van der Waals surface area (Å²) in [7, 11) is 0. The molecule has 2 unspecified atom stereocenters. The van der Waals surface area contributed by atoms with Gasteiger partial charge in [0.15, 0.2) is 5.79 Å². The van der Waals surface area contributed by atoms with E-state index in [9.17, 15) is 5.11 Å². The number of hydrogen-bond donors (Lipinski definition) is 1. The van der Waals surface area contributed by atoms with Crippen molar-refractivity contribution in [3.05, 3.63) is 0 Å².